The van der Waals surface area contributed by atoms with Gasteiger partial charge in [-0.2, -0.15) is 0 Å². The number of H-pyrrole nitrogens is 1. The van der Waals surface area contributed by atoms with Gasteiger partial charge in [0.15, 0.2) is 0 Å². The van der Waals surface area contributed by atoms with Crippen molar-refractivity contribution in [2.45, 2.75) is 13.0 Å². The Morgan fingerprint density at radius 2 is 2.20 bits per heavy atom. The van der Waals surface area contributed by atoms with Crippen molar-refractivity contribution in [1.82, 2.24) is 10.3 Å². The smallest absolute Gasteiger partial charge is 0.143 e. The summed E-state index contributed by atoms with van der Waals surface area (Å²) in [6.45, 7) is 1.79. The van der Waals surface area contributed by atoms with Gasteiger partial charge in [0.2, 0.25) is 0 Å². The molecule has 1 aliphatic rings. The number of hydrogen-bond acceptors (Lipinski definition) is 1. The second-order valence-electron chi connectivity index (χ2n) is 3.82. The normalized spacial score (nSPS) is 15.6. The third kappa shape index (κ3) is 1.34. The van der Waals surface area contributed by atoms with Gasteiger partial charge in [0, 0.05) is 23.1 Å². The zero-order valence-corrected chi connectivity index (χ0v) is 8.79. The number of fused-ring (bicyclic) bond motifs is 3. The minimum atomic E-state index is -0.365. The lowest BCUT2D eigenvalue weighted by Crippen LogP contribution is -2.22. The first-order valence-electron chi connectivity index (χ1n) is 4.95. The largest absolute Gasteiger partial charge is 0.357 e. The van der Waals surface area contributed by atoms with E-state index in [1.54, 1.807) is 6.07 Å². The average molecular weight is 225 g/mol. The van der Waals surface area contributed by atoms with Gasteiger partial charge in [0.1, 0.15) is 5.82 Å². The van der Waals surface area contributed by atoms with Gasteiger partial charge in [-0.1, -0.05) is 11.6 Å². The third-order valence-corrected chi connectivity index (χ3v) is 3.18. The second-order valence-corrected chi connectivity index (χ2v) is 4.23. The highest BCUT2D eigenvalue weighted by Crippen LogP contribution is 2.29. The zero-order valence-electron chi connectivity index (χ0n) is 8.03. The van der Waals surface area contributed by atoms with Crippen molar-refractivity contribution >= 4 is 22.5 Å². The Bertz CT molecular complexity index is 533. The topological polar surface area (TPSA) is 27.8 Å². The molecular weight excluding hydrogens is 215 g/mol. The molecule has 78 valence electrons. The minimum Gasteiger partial charge on any atom is -0.357 e. The predicted molar refractivity (Wildman–Crippen MR) is 58.7 cm³/mol. The number of aromatic nitrogens is 1. The molecule has 4 heteroatoms. The molecule has 1 aliphatic heterocycles. The van der Waals surface area contributed by atoms with Crippen molar-refractivity contribution in [3.8, 4) is 0 Å². The van der Waals surface area contributed by atoms with Crippen LogP contribution in [0.5, 0.6) is 0 Å². The van der Waals surface area contributed by atoms with Crippen molar-refractivity contribution < 1.29 is 4.39 Å². The molecule has 2 aromatic rings. The number of rotatable bonds is 0. The lowest BCUT2D eigenvalue weighted by Gasteiger charge is -2.12. The summed E-state index contributed by atoms with van der Waals surface area (Å²) in [7, 11) is 0. The molecule has 0 spiro atoms. The standard InChI is InChI=1S/C11H10ClFN2/c12-8-3-7-6-1-2-14-5-11(6)15-10(7)4-9(8)13/h3-4,14-15H,1-2,5H2. The van der Waals surface area contributed by atoms with E-state index in [0.717, 1.165) is 36.1 Å². The van der Waals surface area contributed by atoms with Crippen LogP contribution in [0.25, 0.3) is 10.9 Å². The number of nitrogens with one attached hydrogen (secondary N) is 2. The van der Waals surface area contributed by atoms with Gasteiger partial charge in [-0.05, 0) is 30.7 Å². The highest BCUT2D eigenvalue weighted by atomic mass is 35.5. The number of halogens is 2. The van der Waals surface area contributed by atoms with Gasteiger partial charge in [0.05, 0.1) is 5.02 Å². The van der Waals surface area contributed by atoms with Crippen LogP contribution in [0.4, 0.5) is 4.39 Å². The summed E-state index contributed by atoms with van der Waals surface area (Å²) in [4.78, 5) is 3.22. The van der Waals surface area contributed by atoms with Gasteiger partial charge in [0.25, 0.3) is 0 Å². The molecule has 0 radical (unpaired) electrons. The van der Waals surface area contributed by atoms with Crippen LogP contribution >= 0.6 is 11.6 Å². The first-order valence-corrected chi connectivity index (χ1v) is 5.32. The second kappa shape index (κ2) is 3.22. The Morgan fingerprint density at radius 3 is 3.07 bits per heavy atom. The number of hydrogen-bond donors (Lipinski definition) is 2. The fraction of sp³-hybridized carbons (Fsp3) is 0.273. The summed E-state index contributed by atoms with van der Waals surface area (Å²) >= 11 is 5.78. The van der Waals surface area contributed by atoms with E-state index in [4.69, 9.17) is 11.6 Å². The summed E-state index contributed by atoms with van der Waals surface area (Å²) in [6, 6.07) is 3.18. The van der Waals surface area contributed by atoms with Crippen LogP contribution < -0.4 is 5.32 Å². The van der Waals surface area contributed by atoms with Crippen LogP contribution in [0.3, 0.4) is 0 Å². The summed E-state index contributed by atoms with van der Waals surface area (Å²) in [5, 5.41) is 4.52. The molecule has 15 heavy (non-hydrogen) atoms. The molecule has 2 N–H and O–H groups in total. The molecule has 0 unspecified atom stereocenters. The fourth-order valence-corrected chi connectivity index (χ4v) is 2.33. The Labute approximate surface area is 91.4 Å². The monoisotopic (exact) mass is 224 g/mol. The van der Waals surface area contributed by atoms with E-state index in [1.165, 1.54) is 11.6 Å². The molecule has 0 saturated heterocycles. The Kier molecular flexibility index (Phi) is 1.97. The molecule has 1 aromatic carbocycles. The van der Waals surface area contributed by atoms with Crippen LogP contribution in [-0.4, -0.2) is 11.5 Å². The van der Waals surface area contributed by atoms with Crippen molar-refractivity contribution in [2.75, 3.05) is 6.54 Å². The number of aromatic amines is 1. The summed E-state index contributed by atoms with van der Waals surface area (Å²) in [5.41, 5.74) is 3.26. The SMILES string of the molecule is Fc1cc2[nH]c3c(c2cc1Cl)CCNC3. The Hall–Kier alpha value is -1.06. The molecule has 0 aliphatic carbocycles. The van der Waals surface area contributed by atoms with Crippen molar-refractivity contribution in [2.24, 2.45) is 0 Å². The quantitative estimate of drug-likeness (QED) is 0.708. The zero-order chi connectivity index (χ0) is 10.4. The Balaban J connectivity index is 2.33. The van der Waals surface area contributed by atoms with E-state index in [9.17, 15) is 4.39 Å². The third-order valence-electron chi connectivity index (χ3n) is 2.89. The van der Waals surface area contributed by atoms with Crippen molar-refractivity contribution in [3.05, 3.63) is 34.2 Å². The molecule has 0 amide bonds. The van der Waals surface area contributed by atoms with E-state index in [1.807, 2.05) is 0 Å². The highest BCUT2D eigenvalue weighted by molar-refractivity contribution is 6.31. The molecule has 3 rings (SSSR count). The van der Waals surface area contributed by atoms with E-state index < -0.39 is 0 Å². The van der Waals surface area contributed by atoms with Crippen LogP contribution in [0.1, 0.15) is 11.3 Å². The van der Waals surface area contributed by atoms with Crippen molar-refractivity contribution in [1.29, 1.82) is 0 Å². The lowest BCUT2D eigenvalue weighted by atomic mass is 10.0. The van der Waals surface area contributed by atoms with Crippen LogP contribution in [0.2, 0.25) is 5.02 Å². The van der Waals surface area contributed by atoms with Gasteiger partial charge in [-0.15, -0.1) is 0 Å². The molecule has 2 heterocycles. The molecule has 0 fully saturated rings. The van der Waals surface area contributed by atoms with Gasteiger partial charge < -0.3 is 10.3 Å². The molecule has 0 atom stereocenters. The predicted octanol–water partition coefficient (Wildman–Crippen LogP) is 2.61. The molecular formula is C11H10ClFN2. The van der Waals surface area contributed by atoms with Gasteiger partial charge >= 0.3 is 0 Å². The van der Waals surface area contributed by atoms with Crippen molar-refractivity contribution in [3.63, 3.8) is 0 Å². The summed E-state index contributed by atoms with van der Waals surface area (Å²) in [6.07, 6.45) is 0.970. The maximum absolute atomic E-state index is 13.2. The highest BCUT2D eigenvalue weighted by Gasteiger charge is 2.16. The Morgan fingerprint density at radius 1 is 1.33 bits per heavy atom. The summed E-state index contributed by atoms with van der Waals surface area (Å²) in [5.74, 6) is -0.365. The first kappa shape index (κ1) is 9.19. The van der Waals surface area contributed by atoms with E-state index in [0.29, 0.717) is 0 Å². The summed E-state index contributed by atoms with van der Waals surface area (Å²) < 4.78 is 13.2. The first-order chi connectivity index (χ1) is 7.25. The molecule has 2 nitrogen and oxygen atoms in total. The van der Waals surface area contributed by atoms with Gasteiger partial charge in [-0.25, -0.2) is 4.39 Å². The average Bonchev–Trinajstić information content (AvgIpc) is 2.57. The fourth-order valence-electron chi connectivity index (χ4n) is 2.16. The van der Waals surface area contributed by atoms with E-state index >= 15 is 0 Å². The maximum atomic E-state index is 13.2. The molecule has 0 saturated carbocycles. The maximum Gasteiger partial charge on any atom is 0.143 e. The number of benzene rings is 1. The van der Waals surface area contributed by atoms with Gasteiger partial charge in [-0.3, -0.25) is 0 Å². The van der Waals surface area contributed by atoms with Crippen LogP contribution in [0, 0.1) is 5.82 Å². The van der Waals surface area contributed by atoms with E-state index in [-0.39, 0.29) is 10.8 Å². The molecule has 1 aromatic heterocycles. The molecule has 0 bridgehead atoms. The minimum absolute atomic E-state index is 0.197. The van der Waals surface area contributed by atoms with Crippen LogP contribution in [-0.2, 0) is 13.0 Å². The van der Waals surface area contributed by atoms with Crippen LogP contribution in [0.15, 0.2) is 12.1 Å². The lowest BCUT2D eigenvalue weighted by molar-refractivity contribution is 0.630. The van der Waals surface area contributed by atoms with E-state index in [2.05, 4.69) is 10.3 Å².